The fourth-order valence-corrected chi connectivity index (χ4v) is 4.01. The maximum Gasteiger partial charge on any atom is 0.291 e. The van der Waals surface area contributed by atoms with E-state index in [1.807, 2.05) is 60.0 Å². The molecule has 1 aromatic carbocycles. The Bertz CT molecular complexity index is 1200. The monoisotopic (exact) mass is 380 g/mol. The van der Waals surface area contributed by atoms with E-state index in [9.17, 15) is 9.59 Å². The first-order chi connectivity index (χ1) is 13.0. The normalized spacial score (nSPS) is 12.6. The Morgan fingerprint density at radius 1 is 1.19 bits per heavy atom. The summed E-state index contributed by atoms with van der Waals surface area (Å²) in [6.07, 6.45) is 0. The van der Waals surface area contributed by atoms with Crippen LogP contribution in [0.2, 0.25) is 0 Å². The third kappa shape index (κ3) is 3.04. The molecule has 1 unspecified atom stereocenters. The molecule has 4 aromatic rings. The van der Waals surface area contributed by atoms with Gasteiger partial charge in [0.05, 0.1) is 10.2 Å². The van der Waals surface area contributed by atoms with Gasteiger partial charge in [0.15, 0.2) is 0 Å². The molecule has 0 aliphatic carbocycles. The number of aryl methyl sites for hydroxylation is 2. The van der Waals surface area contributed by atoms with Gasteiger partial charge in [-0.1, -0.05) is 29.8 Å². The van der Waals surface area contributed by atoms with E-state index in [4.69, 9.17) is 0 Å². The molecular weight excluding hydrogens is 360 g/mol. The minimum atomic E-state index is -0.695. The van der Waals surface area contributed by atoms with Gasteiger partial charge < -0.3 is 5.32 Å². The van der Waals surface area contributed by atoms with E-state index in [2.05, 4.69) is 10.4 Å². The maximum absolute atomic E-state index is 12.9. The highest BCUT2D eigenvalue weighted by atomic mass is 32.1. The van der Waals surface area contributed by atoms with Crippen LogP contribution in [0.5, 0.6) is 0 Å². The first kappa shape index (κ1) is 17.5. The lowest BCUT2D eigenvalue weighted by Gasteiger charge is -2.15. The van der Waals surface area contributed by atoms with Crippen molar-refractivity contribution < 1.29 is 4.79 Å². The molecule has 0 aliphatic rings. The van der Waals surface area contributed by atoms with E-state index in [1.54, 1.807) is 18.3 Å². The lowest BCUT2D eigenvalue weighted by atomic mass is 10.1. The van der Waals surface area contributed by atoms with Gasteiger partial charge in [-0.05, 0) is 43.8 Å². The summed E-state index contributed by atoms with van der Waals surface area (Å²) in [4.78, 5) is 25.5. The lowest BCUT2D eigenvalue weighted by Crippen LogP contribution is -2.38. The lowest BCUT2D eigenvalue weighted by molar-refractivity contribution is -0.124. The van der Waals surface area contributed by atoms with Crippen molar-refractivity contribution in [2.45, 2.75) is 33.4 Å². The van der Waals surface area contributed by atoms with E-state index >= 15 is 0 Å². The zero-order valence-electron chi connectivity index (χ0n) is 15.4. The van der Waals surface area contributed by atoms with E-state index in [0.29, 0.717) is 17.9 Å². The van der Waals surface area contributed by atoms with Crippen molar-refractivity contribution in [3.05, 3.63) is 69.1 Å². The Hall–Kier alpha value is -2.93. The van der Waals surface area contributed by atoms with Gasteiger partial charge in [-0.2, -0.15) is 5.10 Å². The van der Waals surface area contributed by atoms with E-state index < -0.39 is 6.04 Å². The molecule has 0 saturated heterocycles. The van der Waals surface area contributed by atoms with Crippen LogP contribution >= 0.6 is 11.3 Å². The zero-order chi connectivity index (χ0) is 19.1. The quantitative estimate of drug-likeness (QED) is 0.591. The Morgan fingerprint density at radius 3 is 2.67 bits per heavy atom. The molecule has 27 heavy (non-hydrogen) atoms. The molecule has 138 valence electrons. The van der Waals surface area contributed by atoms with Gasteiger partial charge in [0.1, 0.15) is 17.4 Å². The Labute approximate surface area is 160 Å². The van der Waals surface area contributed by atoms with Gasteiger partial charge in [-0.25, -0.2) is 4.68 Å². The van der Waals surface area contributed by atoms with Crippen LogP contribution in [0.25, 0.3) is 15.7 Å². The van der Waals surface area contributed by atoms with Crippen LogP contribution in [0.1, 0.15) is 29.9 Å². The number of rotatable bonds is 4. The molecule has 0 radical (unpaired) electrons. The number of carbonyl (C=O) groups excluding carboxylic acids is 1. The molecule has 1 N–H and O–H groups in total. The fourth-order valence-electron chi connectivity index (χ4n) is 3.21. The van der Waals surface area contributed by atoms with Crippen molar-refractivity contribution in [1.29, 1.82) is 0 Å². The molecule has 1 amide bonds. The highest BCUT2D eigenvalue weighted by molar-refractivity contribution is 7.17. The Morgan fingerprint density at radius 2 is 1.93 bits per heavy atom. The van der Waals surface area contributed by atoms with E-state index in [1.165, 1.54) is 10.2 Å². The topological polar surface area (TPSA) is 68.4 Å². The number of carbonyl (C=O) groups is 1. The average Bonchev–Trinajstić information content (AvgIpc) is 3.24. The molecule has 0 aliphatic heterocycles. The van der Waals surface area contributed by atoms with Gasteiger partial charge in [0.2, 0.25) is 5.91 Å². The van der Waals surface area contributed by atoms with E-state index in [0.717, 1.165) is 15.8 Å². The molecule has 3 aromatic heterocycles. The first-order valence-corrected chi connectivity index (χ1v) is 9.65. The molecule has 0 fully saturated rings. The average molecular weight is 380 g/mol. The number of nitrogens with one attached hydrogen (secondary N) is 1. The van der Waals surface area contributed by atoms with Crippen molar-refractivity contribution in [3.63, 3.8) is 0 Å². The second-order valence-electron chi connectivity index (χ2n) is 6.71. The highest BCUT2D eigenvalue weighted by Gasteiger charge is 2.21. The van der Waals surface area contributed by atoms with Crippen molar-refractivity contribution >= 4 is 33.0 Å². The fraction of sp³-hybridized carbons (Fsp3) is 0.250. The van der Waals surface area contributed by atoms with Gasteiger partial charge >= 0.3 is 0 Å². The number of fused-ring (bicyclic) bond motifs is 3. The summed E-state index contributed by atoms with van der Waals surface area (Å²) in [6, 6.07) is 11.1. The molecule has 0 spiro atoms. The molecule has 3 heterocycles. The predicted molar refractivity (Wildman–Crippen MR) is 107 cm³/mol. The number of nitrogens with zero attached hydrogens (tertiary/aromatic N) is 3. The number of thiophene rings is 1. The molecule has 4 rings (SSSR count). The summed E-state index contributed by atoms with van der Waals surface area (Å²) in [5.74, 6) is 0.443. The van der Waals surface area contributed by atoms with E-state index in [-0.39, 0.29) is 11.5 Å². The van der Waals surface area contributed by atoms with Crippen LogP contribution < -0.4 is 10.9 Å². The summed E-state index contributed by atoms with van der Waals surface area (Å²) in [6.45, 7) is 5.98. The van der Waals surface area contributed by atoms with Gasteiger partial charge in [-0.3, -0.25) is 14.0 Å². The smallest absolute Gasteiger partial charge is 0.291 e. The van der Waals surface area contributed by atoms with Crippen LogP contribution in [0.15, 0.2) is 46.6 Å². The van der Waals surface area contributed by atoms with Crippen LogP contribution in [0, 0.1) is 13.8 Å². The van der Waals surface area contributed by atoms with Gasteiger partial charge in [0.25, 0.3) is 5.56 Å². The summed E-state index contributed by atoms with van der Waals surface area (Å²) >= 11 is 1.58. The first-order valence-electron chi connectivity index (χ1n) is 8.77. The molecular formula is C20H20N4O2S. The third-order valence-electron chi connectivity index (χ3n) is 4.76. The van der Waals surface area contributed by atoms with Crippen molar-refractivity contribution in [2.24, 2.45) is 0 Å². The van der Waals surface area contributed by atoms with Crippen LogP contribution in [-0.2, 0) is 11.3 Å². The second kappa shape index (κ2) is 6.66. The number of benzene rings is 1. The Balaban J connectivity index is 1.62. The zero-order valence-corrected chi connectivity index (χ0v) is 16.2. The summed E-state index contributed by atoms with van der Waals surface area (Å²) < 4.78 is 4.16. The molecule has 6 nitrogen and oxygen atoms in total. The maximum atomic E-state index is 12.9. The standard InChI is InChI=1S/C20H20N4O2S/c1-12-4-6-15(7-5-12)11-21-19(25)13(2)24-20(26)17-10-18-16(8-9-27-18)23(17)14(3)22-24/h4-10,13H,11H2,1-3H3,(H,21,25). The largest absolute Gasteiger partial charge is 0.350 e. The van der Waals surface area contributed by atoms with Crippen LogP contribution in [-0.4, -0.2) is 20.1 Å². The molecule has 0 bridgehead atoms. The third-order valence-corrected chi connectivity index (χ3v) is 5.61. The Kier molecular flexibility index (Phi) is 4.31. The molecule has 1 atom stereocenters. The molecule has 0 saturated carbocycles. The number of aromatic nitrogens is 3. The minimum Gasteiger partial charge on any atom is -0.350 e. The SMILES string of the molecule is Cc1ccc(CNC(=O)C(C)n2nc(C)n3c(cc4sccc43)c2=O)cc1. The molecule has 7 heteroatoms. The van der Waals surface area contributed by atoms with Crippen molar-refractivity contribution in [3.8, 4) is 0 Å². The second-order valence-corrected chi connectivity index (χ2v) is 7.66. The summed E-state index contributed by atoms with van der Waals surface area (Å²) in [5.41, 5.74) is 3.44. The highest BCUT2D eigenvalue weighted by Crippen LogP contribution is 2.24. The van der Waals surface area contributed by atoms with Crippen LogP contribution in [0.3, 0.4) is 0 Å². The van der Waals surface area contributed by atoms with Gasteiger partial charge in [-0.15, -0.1) is 11.3 Å². The minimum absolute atomic E-state index is 0.234. The number of amides is 1. The van der Waals surface area contributed by atoms with Crippen molar-refractivity contribution in [2.75, 3.05) is 0 Å². The van der Waals surface area contributed by atoms with Gasteiger partial charge in [0, 0.05) is 6.54 Å². The van der Waals surface area contributed by atoms with Crippen LogP contribution in [0.4, 0.5) is 0 Å². The number of hydrogen-bond donors (Lipinski definition) is 1. The number of hydrogen-bond acceptors (Lipinski definition) is 4. The summed E-state index contributed by atoms with van der Waals surface area (Å²) in [5, 5.41) is 9.28. The summed E-state index contributed by atoms with van der Waals surface area (Å²) in [7, 11) is 0. The predicted octanol–water partition coefficient (Wildman–Crippen LogP) is 3.20. The van der Waals surface area contributed by atoms with Crippen molar-refractivity contribution in [1.82, 2.24) is 19.5 Å².